The summed E-state index contributed by atoms with van der Waals surface area (Å²) in [4.78, 5) is 0. The van der Waals surface area contributed by atoms with E-state index in [-0.39, 0.29) is 0 Å². The topological polar surface area (TPSA) is 0 Å². The molecule has 0 atom stereocenters. The van der Waals surface area contributed by atoms with E-state index in [1.165, 1.54) is 0 Å². The van der Waals surface area contributed by atoms with Crippen LogP contribution in [0.15, 0.2) is 12.1 Å². The van der Waals surface area contributed by atoms with Gasteiger partial charge in [0.1, 0.15) is 0 Å². The summed E-state index contributed by atoms with van der Waals surface area (Å²) in [6.45, 7) is 2.12. The van der Waals surface area contributed by atoms with Crippen molar-refractivity contribution in [3.05, 3.63) is 12.1 Å². The van der Waals surface area contributed by atoms with Gasteiger partial charge in [-0.1, -0.05) is 0 Å². The van der Waals surface area contributed by atoms with Crippen molar-refractivity contribution in [1.29, 1.82) is 0 Å². The third-order valence-corrected chi connectivity index (χ3v) is 0.655. The van der Waals surface area contributed by atoms with Crippen molar-refractivity contribution < 1.29 is 0 Å². The van der Waals surface area contributed by atoms with E-state index in [2.05, 4.69) is 24.8 Å². The predicted octanol–water partition coefficient (Wildman–Crippen LogP) is -0.628. The summed E-state index contributed by atoms with van der Waals surface area (Å²) in [6, 6.07) is 0. The zero-order valence-electron chi connectivity index (χ0n) is 3.02. The van der Waals surface area contributed by atoms with Crippen LogP contribution in [0.3, 0.4) is 0 Å². The molecule has 0 radical (unpaired) electrons. The van der Waals surface area contributed by atoms with Crippen LogP contribution in [0.5, 0.6) is 0 Å². The molecule has 0 nitrogen and oxygen atoms in total. The zero-order chi connectivity index (χ0) is 3.54. The quantitative estimate of drug-likeness (QED) is 0.327. The molecule has 1 aliphatic rings. The normalized spacial score (nSPS) is 14.4. The van der Waals surface area contributed by atoms with Gasteiger partial charge in [0.05, 0.1) is 0 Å². The van der Waals surface area contributed by atoms with E-state index < -0.39 is 0 Å². The van der Waals surface area contributed by atoms with Gasteiger partial charge in [0, 0.05) is 0 Å². The first kappa shape index (κ1) is 2.95. The molecule has 5 heavy (non-hydrogen) atoms. The maximum absolute atomic E-state index is 2.12. The second-order valence-corrected chi connectivity index (χ2v) is 1.09. The summed E-state index contributed by atoms with van der Waals surface area (Å²) in [6.07, 6.45) is 2.06. The Hall–Kier alpha value is -0.260. The summed E-state index contributed by atoms with van der Waals surface area (Å²) in [7, 11) is 1.14. The molecule has 0 aromatic heterocycles. The monoisotopic (exact) mass is 62.0 g/mol. The van der Waals surface area contributed by atoms with Gasteiger partial charge in [0.15, 0.2) is 0 Å². The molecule has 1 aliphatic heterocycles. The van der Waals surface area contributed by atoms with E-state index in [0.29, 0.717) is 0 Å². The van der Waals surface area contributed by atoms with Crippen LogP contribution < -0.4 is 0 Å². The van der Waals surface area contributed by atoms with Crippen LogP contribution in [0.4, 0.5) is 0 Å². The van der Waals surface area contributed by atoms with Gasteiger partial charge in [-0.05, 0) is 0 Å². The Bertz CT molecular complexity index is 63.0. The third kappa shape index (κ3) is 0.504. The molecule has 0 saturated heterocycles. The van der Waals surface area contributed by atoms with Crippen molar-refractivity contribution in [2.24, 2.45) is 0 Å². The molecule has 0 aliphatic carbocycles. The summed E-state index contributed by atoms with van der Waals surface area (Å²) < 4.78 is 0. The fraction of sp³-hybridized carbons (Fsp3) is 0. The van der Waals surface area contributed by atoms with Crippen LogP contribution in [-0.4, -0.2) is 19.9 Å². The van der Waals surface area contributed by atoms with Crippen molar-refractivity contribution in [2.75, 3.05) is 0 Å². The Morgan fingerprint density at radius 1 is 1.60 bits per heavy atom. The first-order valence-corrected chi connectivity index (χ1v) is 1.82. The van der Waals surface area contributed by atoms with Crippen LogP contribution in [0.1, 0.15) is 0 Å². The first-order chi connectivity index (χ1) is 2.50. The summed E-state index contributed by atoms with van der Waals surface area (Å²) in [5.41, 5.74) is 0. The van der Waals surface area contributed by atoms with Crippen molar-refractivity contribution in [2.45, 2.75) is 0 Å². The molecule has 0 amide bonds. The van der Waals surface area contributed by atoms with Gasteiger partial charge in [-0.2, -0.15) is 0 Å². The second-order valence-electron chi connectivity index (χ2n) is 1.09. The molecule has 0 unspecified atom stereocenters. The molecule has 1 rings (SSSR count). The number of hydrogen-bond donors (Lipinski definition) is 0. The van der Waals surface area contributed by atoms with Crippen LogP contribution in [-0.2, 0) is 0 Å². The Morgan fingerprint density at radius 3 is 2.80 bits per heavy atom. The van der Waals surface area contributed by atoms with Gasteiger partial charge in [-0.15, -0.1) is 0 Å². The molecule has 0 bridgehead atoms. The Kier molecular flexibility index (Phi) is 0.737. The molecular weight excluding hydrogens is 57.7 g/mol. The minimum atomic E-state index is 1.14. The van der Waals surface area contributed by atoms with Crippen molar-refractivity contribution in [1.82, 2.24) is 0 Å². The van der Waals surface area contributed by atoms with E-state index in [1.807, 2.05) is 0 Å². The number of rotatable bonds is 0. The average Bonchev–Trinajstić information content (AvgIpc) is 1.76. The van der Waals surface area contributed by atoms with Gasteiger partial charge >= 0.3 is 32.0 Å². The van der Waals surface area contributed by atoms with Crippen LogP contribution in [0.25, 0.3) is 0 Å². The Morgan fingerprint density at radius 2 is 2.60 bits per heavy atom. The maximum atomic E-state index is 2.12. The molecular formula is C3H4B2. The van der Waals surface area contributed by atoms with Crippen LogP contribution >= 0.6 is 0 Å². The fourth-order valence-electron chi connectivity index (χ4n) is 0.393. The molecule has 0 N–H and O–H groups in total. The summed E-state index contributed by atoms with van der Waals surface area (Å²) >= 11 is 0. The molecule has 1 heterocycles. The van der Waals surface area contributed by atoms with Gasteiger partial charge < -0.3 is 0 Å². The third-order valence-electron chi connectivity index (χ3n) is 0.655. The summed E-state index contributed by atoms with van der Waals surface area (Å²) in [5.74, 6) is 4.18. The van der Waals surface area contributed by atoms with E-state index in [1.54, 1.807) is 0 Å². The average molecular weight is 61.7 g/mol. The first-order valence-electron chi connectivity index (χ1n) is 1.82. The molecule has 0 spiro atoms. The molecule has 0 aromatic carbocycles. The minimum absolute atomic E-state index is 1.14. The Balaban J connectivity index is 2.61. The number of hydrogen-bond acceptors (Lipinski definition) is 0. The van der Waals surface area contributed by atoms with Gasteiger partial charge in [-0.25, -0.2) is 0 Å². The molecule has 2 heteroatoms. The van der Waals surface area contributed by atoms with Crippen molar-refractivity contribution in [3.8, 4) is 0 Å². The molecule has 0 saturated carbocycles. The van der Waals surface area contributed by atoms with E-state index >= 15 is 0 Å². The molecule has 0 aromatic rings. The van der Waals surface area contributed by atoms with Crippen molar-refractivity contribution in [3.63, 3.8) is 0 Å². The van der Waals surface area contributed by atoms with Gasteiger partial charge in [0.25, 0.3) is 0 Å². The van der Waals surface area contributed by atoms with E-state index in [4.69, 9.17) is 0 Å². The van der Waals surface area contributed by atoms with Crippen LogP contribution in [0, 0.1) is 0 Å². The second kappa shape index (κ2) is 1.25. The Labute approximate surface area is 33.0 Å². The predicted molar refractivity (Wildman–Crippen MR) is 28.1 cm³/mol. The molecule has 22 valence electrons. The zero-order valence-corrected chi connectivity index (χ0v) is 3.02. The van der Waals surface area contributed by atoms with E-state index in [0.717, 1.165) is 7.17 Å². The number of allylic oxidation sites excluding steroid dienone is 1. The van der Waals surface area contributed by atoms with Crippen LogP contribution in [0.2, 0.25) is 0 Å². The molecule has 0 fully saturated rings. The fourth-order valence-corrected chi connectivity index (χ4v) is 0.393. The van der Waals surface area contributed by atoms with Crippen molar-refractivity contribution >= 4 is 19.9 Å². The standard InChI is InChI=1S/C3H4B2/c1-2-4-5-3-1/h1-4H. The summed E-state index contributed by atoms with van der Waals surface area (Å²) in [5, 5.41) is 0. The SMILES string of the molecule is B1=CC=CB1. The van der Waals surface area contributed by atoms with Gasteiger partial charge in [0.2, 0.25) is 0 Å². The van der Waals surface area contributed by atoms with Gasteiger partial charge in [-0.3, -0.25) is 0 Å². The van der Waals surface area contributed by atoms with E-state index in [9.17, 15) is 0 Å².